The zero-order valence-electron chi connectivity index (χ0n) is 12.0. The summed E-state index contributed by atoms with van der Waals surface area (Å²) in [4.78, 5) is 0. The van der Waals surface area contributed by atoms with Crippen LogP contribution < -0.4 is 5.32 Å². The first-order valence-corrected chi connectivity index (χ1v) is 6.66. The second kappa shape index (κ2) is 6.13. The molecule has 0 aliphatic carbocycles. The molecule has 1 aromatic carbocycles. The van der Waals surface area contributed by atoms with E-state index in [0.717, 1.165) is 18.2 Å². The Morgan fingerprint density at radius 3 is 2.65 bits per heavy atom. The van der Waals surface area contributed by atoms with Crippen LogP contribution in [0.15, 0.2) is 24.4 Å². The van der Waals surface area contributed by atoms with Gasteiger partial charge in [-0.2, -0.15) is 5.10 Å². The SMILES string of the molecule is CC(C)CNCc1cn(C)nc1-c1ccc(F)c(F)c1. The third-order valence-corrected chi connectivity index (χ3v) is 2.97. The number of hydrogen-bond donors (Lipinski definition) is 1. The molecule has 0 saturated carbocycles. The number of benzene rings is 1. The van der Waals surface area contributed by atoms with Crippen LogP contribution in [0.3, 0.4) is 0 Å². The van der Waals surface area contributed by atoms with Gasteiger partial charge in [-0.1, -0.05) is 13.8 Å². The number of aryl methyl sites for hydroxylation is 1. The minimum Gasteiger partial charge on any atom is -0.312 e. The first-order chi connectivity index (χ1) is 9.47. The molecule has 0 amide bonds. The van der Waals surface area contributed by atoms with Gasteiger partial charge in [0.1, 0.15) is 0 Å². The Morgan fingerprint density at radius 2 is 2.00 bits per heavy atom. The van der Waals surface area contributed by atoms with E-state index in [0.29, 0.717) is 23.7 Å². The number of nitrogens with zero attached hydrogens (tertiary/aromatic N) is 2. The summed E-state index contributed by atoms with van der Waals surface area (Å²) < 4.78 is 28.0. The summed E-state index contributed by atoms with van der Waals surface area (Å²) in [5.41, 5.74) is 2.24. The van der Waals surface area contributed by atoms with Crippen LogP contribution in [0.1, 0.15) is 19.4 Å². The van der Waals surface area contributed by atoms with Crippen molar-refractivity contribution in [2.45, 2.75) is 20.4 Å². The smallest absolute Gasteiger partial charge is 0.159 e. The highest BCUT2D eigenvalue weighted by atomic mass is 19.2. The van der Waals surface area contributed by atoms with E-state index < -0.39 is 11.6 Å². The number of hydrogen-bond acceptors (Lipinski definition) is 2. The van der Waals surface area contributed by atoms with Crippen molar-refractivity contribution in [3.05, 3.63) is 41.6 Å². The number of halogens is 2. The Hall–Kier alpha value is -1.75. The number of nitrogens with one attached hydrogen (secondary N) is 1. The predicted octanol–water partition coefficient (Wildman–Crippen LogP) is 3.11. The molecule has 0 unspecified atom stereocenters. The molecular weight excluding hydrogens is 260 g/mol. The lowest BCUT2D eigenvalue weighted by Crippen LogP contribution is -2.19. The maximum Gasteiger partial charge on any atom is 0.159 e. The van der Waals surface area contributed by atoms with Crippen molar-refractivity contribution in [3.8, 4) is 11.3 Å². The highest BCUT2D eigenvalue weighted by Crippen LogP contribution is 2.23. The monoisotopic (exact) mass is 279 g/mol. The second-order valence-electron chi connectivity index (χ2n) is 5.33. The van der Waals surface area contributed by atoms with Crippen molar-refractivity contribution >= 4 is 0 Å². The van der Waals surface area contributed by atoms with Crippen molar-refractivity contribution in [1.82, 2.24) is 15.1 Å². The number of rotatable bonds is 5. The van der Waals surface area contributed by atoms with Crippen LogP contribution in [0.2, 0.25) is 0 Å². The molecular formula is C15H19F2N3. The van der Waals surface area contributed by atoms with E-state index in [1.807, 2.05) is 13.2 Å². The molecule has 2 aromatic rings. The molecule has 0 atom stereocenters. The van der Waals surface area contributed by atoms with Crippen LogP contribution >= 0.6 is 0 Å². The first-order valence-electron chi connectivity index (χ1n) is 6.66. The van der Waals surface area contributed by atoms with E-state index >= 15 is 0 Å². The topological polar surface area (TPSA) is 29.9 Å². The fourth-order valence-electron chi connectivity index (χ4n) is 2.05. The van der Waals surface area contributed by atoms with E-state index in [1.165, 1.54) is 6.07 Å². The van der Waals surface area contributed by atoms with Crippen LogP contribution in [-0.2, 0) is 13.6 Å². The molecule has 20 heavy (non-hydrogen) atoms. The summed E-state index contributed by atoms with van der Waals surface area (Å²) in [6.07, 6.45) is 1.89. The summed E-state index contributed by atoms with van der Waals surface area (Å²) in [6, 6.07) is 3.86. The van der Waals surface area contributed by atoms with E-state index in [9.17, 15) is 8.78 Å². The second-order valence-corrected chi connectivity index (χ2v) is 5.33. The highest BCUT2D eigenvalue weighted by Gasteiger charge is 2.12. The summed E-state index contributed by atoms with van der Waals surface area (Å²) in [5.74, 6) is -1.14. The van der Waals surface area contributed by atoms with Crippen LogP contribution in [0.4, 0.5) is 8.78 Å². The lowest BCUT2D eigenvalue weighted by atomic mass is 10.1. The van der Waals surface area contributed by atoms with Crippen LogP contribution in [0.5, 0.6) is 0 Å². The van der Waals surface area contributed by atoms with Crippen LogP contribution in [0.25, 0.3) is 11.3 Å². The summed E-state index contributed by atoms with van der Waals surface area (Å²) in [6.45, 7) is 5.81. The summed E-state index contributed by atoms with van der Waals surface area (Å²) in [7, 11) is 1.81. The van der Waals surface area contributed by atoms with E-state index in [-0.39, 0.29) is 0 Å². The zero-order chi connectivity index (χ0) is 14.7. The fraction of sp³-hybridized carbons (Fsp3) is 0.400. The van der Waals surface area contributed by atoms with Gasteiger partial charge >= 0.3 is 0 Å². The molecule has 0 fully saturated rings. The van der Waals surface area contributed by atoms with Crippen molar-refractivity contribution in [2.24, 2.45) is 13.0 Å². The van der Waals surface area contributed by atoms with Gasteiger partial charge in [0, 0.05) is 30.9 Å². The predicted molar refractivity (Wildman–Crippen MR) is 75.1 cm³/mol. The zero-order valence-corrected chi connectivity index (χ0v) is 12.0. The first kappa shape index (κ1) is 14.7. The van der Waals surface area contributed by atoms with Crippen molar-refractivity contribution in [3.63, 3.8) is 0 Å². The molecule has 2 rings (SSSR count). The van der Waals surface area contributed by atoms with E-state index in [2.05, 4.69) is 24.3 Å². The average molecular weight is 279 g/mol. The highest BCUT2D eigenvalue weighted by molar-refractivity contribution is 5.62. The molecule has 0 radical (unpaired) electrons. The van der Waals surface area contributed by atoms with Gasteiger partial charge in [-0.15, -0.1) is 0 Å². The van der Waals surface area contributed by atoms with Gasteiger partial charge in [-0.25, -0.2) is 8.78 Å². The van der Waals surface area contributed by atoms with Crippen molar-refractivity contribution < 1.29 is 8.78 Å². The Kier molecular flexibility index (Phi) is 4.49. The quantitative estimate of drug-likeness (QED) is 0.911. The lowest BCUT2D eigenvalue weighted by molar-refractivity contribution is 0.509. The third-order valence-electron chi connectivity index (χ3n) is 2.97. The molecule has 1 N–H and O–H groups in total. The van der Waals surface area contributed by atoms with Gasteiger partial charge in [-0.05, 0) is 30.7 Å². The molecule has 1 aromatic heterocycles. The number of aromatic nitrogens is 2. The molecule has 0 aliphatic heterocycles. The minimum atomic E-state index is -0.853. The average Bonchev–Trinajstić information content (AvgIpc) is 2.73. The molecule has 3 nitrogen and oxygen atoms in total. The largest absolute Gasteiger partial charge is 0.312 e. The molecule has 0 spiro atoms. The minimum absolute atomic E-state index is 0.554. The van der Waals surface area contributed by atoms with Gasteiger partial charge < -0.3 is 5.32 Å². The standard InChI is InChI=1S/C15H19F2N3/c1-10(2)7-18-8-12-9-20(3)19-15(12)11-4-5-13(16)14(17)6-11/h4-6,9-10,18H,7-8H2,1-3H3. The van der Waals surface area contributed by atoms with Crippen LogP contribution in [0, 0.1) is 17.6 Å². The maximum atomic E-state index is 13.3. The fourth-order valence-corrected chi connectivity index (χ4v) is 2.05. The molecule has 108 valence electrons. The van der Waals surface area contributed by atoms with Gasteiger partial charge in [0.2, 0.25) is 0 Å². The normalized spacial score (nSPS) is 11.3. The Labute approximate surface area is 117 Å². The Bertz CT molecular complexity index is 591. The van der Waals surface area contributed by atoms with Gasteiger partial charge in [0.25, 0.3) is 0 Å². The molecule has 1 heterocycles. The van der Waals surface area contributed by atoms with Crippen molar-refractivity contribution in [2.75, 3.05) is 6.54 Å². The van der Waals surface area contributed by atoms with E-state index in [4.69, 9.17) is 0 Å². The van der Waals surface area contributed by atoms with Gasteiger partial charge in [0.15, 0.2) is 11.6 Å². The summed E-state index contributed by atoms with van der Waals surface area (Å²) in [5, 5.41) is 7.67. The molecule has 0 saturated heterocycles. The van der Waals surface area contributed by atoms with Crippen LogP contribution in [-0.4, -0.2) is 16.3 Å². The van der Waals surface area contributed by atoms with Gasteiger partial charge in [-0.3, -0.25) is 4.68 Å². The third kappa shape index (κ3) is 3.42. The van der Waals surface area contributed by atoms with Crippen molar-refractivity contribution in [1.29, 1.82) is 0 Å². The Morgan fingerprint density at radius 1 is 1.25 bits per heavy atom. The summed E-state index contributed by atoms with van der Waals surface area (Å²) >= 11 is 0. The molecule has 0 bridgehead atoms. The maximum absolute atomic E-state index is 13.3. The molecule has 0 aliphatic rings. The van der Waals surface area contributed by atoms with E-state index in [1.54, 1.807) is 10.7 Å². The van der Waals surface area contributed by atoms with Gasteiger partial charge in [0.05, 0.1) is 5.69 Å². The molecule has 5 heteroatoms. The lowest BCUT2D eigenvalue weighted by Gasteiger charge is -2.07. The Balaban J connectivity index is 2.24.